The normalized spacial score (nSPS) is 17.0. The minimum atomic E-state index is 0.133. The van der Waals surface area contributed by atoms with Crippen LogP contribution < -0.4 is 4.90 Å². The maximum atomic E-state index is 5.37. The maximum absolute atomic E-state index is 5.37. The van der Waals surface area contributed by atoms with Crippen LogP contribution in [0.15, 0.2) is 9.90 Å². The van der Waals surface area contributed by atoms with Crippen molar-refractivity contribution >= 4 is 27.4 Å². The summed E-state index contributed by atoms with van der Waals surface area (Å²) in [7, 11) is 0. The van der Waals surface area contributed by atoms with Crippen LogP contribution in [0, 0.1) is 19.8 Å². The Morgan fingerprint density at radius 2 is 1.79 bits per heavy atom. The van der Waals surface area contributed by atoms with Crippen LogP contribution in [0.5, 0.6) is 0 Å². The molecule has 3 aromatic heterocycles. The molecule has 28 heavy (non-hydrogen) atoms. The number of aryl methyl sites for hydroxylation is 2. The van der Waals surface area contributed by atoms with Crippen molar-refractivity contribution in [3.8, 4) is 0 Å². The first-order chi connectivity index (χ1) is 13.4. The Balaban J connectivity index is 1.55. The molecule has 0 bridgehead atoms. The van der Waals surface area contributed by atoms with Crippen LogP contribution in [0.2, 0.25) is 0 Å². The Morgan fingerprint density at radius 1 is 1.04 bits per heavy atom. The smallest absolute Gasteiger partial charge is 0.243 e. The van der Waals surface area contributed by atoms with Crippen LogP contribution in [-0.2, 0) is 6.42 Å². The molecule has 0 aliphatic carbocycles. The summed E-state index contributed by atoms with van der Waals surface area (Å²) in [6.07, 6.45) is 1.06. The molecule has 0 N–H and O–H groups in total. The highest BCUT2D eigenvalue weighted by molar-refractivity contribution is 7.17. The number of anilines is 1. The average molecular weight is 401 g/mol. The van der Waals surface area contributed by atoms with Gasteiger partial charge in [-0.2, -0.15) is 4.98 Å². The highest BCUT2D eigenvalue weighted by Crippen LogP contribution is 2.34. The molecule has 4 heterocycles. The Bertz CT molecular complexity index is 957. The quantitative estimate of drug-likeness (QED) is 0.645. The van der Waals surface area contributed by atoms with Crippen molar-refractivity contribution in [1.29, 1.82) is 0 Å². The van der Waals surface area contributed by atoms with Crippen LogP contribution in [0.25, 0.3) is 10.2 Å². The summed E-state index contributed by atoms with van der Waals surface area (Å²) >= 11 is 1.74. The highest BCUT2D eigenvalue weighted by atomic mass is 32.1. The number of thiophene rings is 1. The van der Waals surface area contributed by atoms with E-state index in [4.69, 9.17) is 9.51 Å². The van der Waals surface area contributed by atoms with Gasteiger partial charge in [-0.3, -0.25) is 4.90 Å². The number of hydrogen-bond acceptors (Lipinski definition) is 8. The van der Waals surface area contributed by atoms with E-state index in [2.05, 4.69) is 51.1 Å². The molecule has 0 spiro atoms. The molecule has 0 amide bonds. The molecule has 1 fully saturated rings. The van der Waals surface area contributed by atoms with Crippen molar-refractivity contribution in [2.24, 2.45) is 5.92 Å². The maximum Gasteiger partial charge on any atom is 0.243 e. The molecule has 1 unspecified atom stereocenters. The molecule has 0 radical (unpaired) electrons. The zero-order valence-electron chi connectivity index (χ0n) is 17.3. The zero-order chi connectivity index (χ0) is 19.8. The van der Waals surface area contributed by atoms with E-state index < -0.39 is 0 Å². The molecule has 4 rings (SSSR count). The fourth-order valence-corrected chi connectivity index (χ4v) is 4.86. The van der Waals surface area contributed by atoms with E-state index in [1.165, 1.54) is 10.9 Å². The highest BCUT2D eigenvalue weighted by Gasteiger charge is 2.27. The number of hydrogen-bond donors (Lipinski definition) is 0. The first-order valence-electron chi connectivity index (χ1n) is 9.96. The zero-order valence-corrected chi connectivity index (χ0v) is 18.1. The van der Waals surface area contributed by atoms with Gasteiger partial charge in [0.25, 0.3) is 0 Å². The van der Waals surface area contributed by atoms with Gasteiger partial charge in [0, 0.05) is 26.2 Å². The first-order valence-corrected chi connectivity index (χ1v) is 10.8. The molecular formula is C20H28N6OS. The monoisotopic (exact) mass is 400 g/mol. The van der Waals surface area contributed by atoms with Crippen LogP contribution in [0.3, 0.4) is 0 Å². The van der Waals surface area contributed by atoms with Crippen molar-refractivity contribution in [3.05, 3.63) is 28.5 Å². The van der Waals surface area contributed by atoms with Crippen molar-refractivity contribution in [2.45, 2.75) is 47.1 Å². The van der Waals surface area contributed by atoms with E-state index in [9.17, 15) is 0 Å². The van der Waals surface area contributed by atoms with Gasteiger partial charge in [-0.15, -0.1) is 11.3 Å². The van der Waals surface area contributed by atoms with Gasteiger partial charge in [0.15, 0.2) is 5.82 Å². The van der Waals surface area contributed by atoms with E-state index >= 15 is 0 Å². The molecule has 150 valence electrons. The molecule has 7 nitrogen and oxygen atoms in total. The van der Waals surface area contributed by atoms with Gasteiger partial charge in [-0.05, 0) is 44.1 Å². The van der Waals surface area contributed by atoms with Crippen molar-refractivity contribution in [1.82, 2.24) is 25.0 Å². The van der Waals surface area contributed by atoms with Crippen molar-refractivity contribution < 1.29 is 4.52 Å². The molecule has 0 aromatic carbocycles. The third kappa shape index (κ3) is 3.75. The van der Waals surface area contributed by atoms with Gasteiger partial charge >= 0.3 is 0 Å². The summed E-state index contributed by atoms with van der Waals surface area (Å²) in [6.45, 7) is 14.2. The van der Waals surface area contributed by atoms with Gasteiger partial charge in [-0.1, -0.05) is 19.0 Å². The standard InChI is InChI=1S/C20H28N6OS/c1-12(2)10-16-11-28-20-17(16)18(21-14(4)23-20)26-8-6-25(7-9-26)13(3)19-22-15(5)24-27-19/h11-13H,6-10H2,1-5H3. The van der Waals surface area contributed by atoms with Gasteiger partial charge < -0.3 is 9.42 Å². The van der Waals surface area contributed by atoms with E-state index in [1.807, 2.05) is 13.8 Å². The van der Waals surface area contributed by atoms with Crippen LogP contribution in [-0.4, -0.2) is 51.2 Å². The molecule has 0 saturated carbocycles. The van der Waals surface area contributed by atoms with Gasteiger partial charge in [-0.25, -0.2) is 9.97 Å². The van der Waals surface area contributed by atoms with E-state index in [0.717, 1.165) is 49.1 Å². The summed E-state index contributed by atoms with van der Waals surface area (Å²) < 4.78 is 5.37. The SMILES string of the molecule is Cc1noc(C(C)N2CCN(c3nc(C)nc4scc(CC(C)C)c34)CC2)n1. The third-order valence-corrected chi connectivity index (χ3v) is 6.21. The first kappa shape index (κ1) is 19.3. The fraction of sp³-hybridized carbons (Fsp3) is 0.600. The van der Waals surface area contributed by atoms with Gasteiger partial charge in [0.05, 0.1) is 11.4 Å². The Kier molecular flexibility index (Phi) is 5.33. The molecule has 1 atom stereocenters. The molecule has 1 aliphatic heterocycles. The fourth-order valence-electron chi connectivity index (χ4n) is 3.86. The second-order valence-corrected chi connectivity index (χ2v) is 8.87. The second kappa shape index (κ2) is 7.75. The lowest BCUT2D eigenvalue weighted by molar-refractivity contribution is 0.164. The summed E-state index contributed by atoms with van der Waals surface area (Å²) in [5, 5.41) is 7.44. The lowest BCUT2D eigenvalue weighted by atomic mass is 10.0. The summed E-state index contributed by atoms with van der Waals surface area (Å²) in [4.78, 5) is 19.9. The predicted molar refractivity (Wildman–Crippen MR) is 112 cm³/mol. The van der Waals surface area contributed by atoms with Crippen LogP contribution in [0.4, 0.5) is 5.82 Å². The topological polar surface area (TPSA) is 71.2 Å². The molecule has 8 heteroatoms. The van der Waals surface area contributed by atoms with Crippen LogP contribution in [0.1, 0.15) is 49.9 Å². The number of rotatable bonds is 5. The van der Waals surface area contributed by atoms with E-state index in [-0.39, 0.29) is 6.04 Å². The molecule has 1 saturated heterocycles. The lowest BCUT2D eigenvalue weighted by Gasteiger charge is -2.37. The molecular weight excluding hydrogens is 372 g/mol. The Hall–Kier alpha value is -2.06. The van der Waals surface area contributed by atoms with E-state index in [0.29, 0.717) is 17.6 Å². The predicted octanol–water partition coefficient (Wildman–Crippen LogP) is 3.77. The third-order valence-electron chi connectivity index (χ3n) is 5.29. The second-order valence-electron chi connectivity index (χ2n) is 8.01. The number of fused-ring (bicyclic) bond motifs is 1. The lowest BCUT2D eigenvalue weighted by Crippen LogP contribution is -2.47. The molecule has 3 aromatic rings. The Morgan fingerprint density at radius 3 is 2.43 bits per heavy atom. The number of nitrogens with zero attached hydrogens (tertiary/aromatic N) is 6. The number of aromatic nitrogens is 4. The molecule has 1 aliphatic rings. The average Bonchev–Trinajstić information content (AvgIpc) is 3.27. The number of piperazine rings is 1. The van der Waals surface area contributed by atoms with Crippen molar-refractivity contribution in [3.63, 3.8) is 0 Å². The Labute approximate surface area is 169 Å². The van der Waals surface area contributed by atoms with Gasteiger partial charge in [0.2, 0.25) is 5.89 Å². The summed E-state index contributed by atoms with van der Waals surface area (Å²) in [5.74, 6) is 3.94. The van der Waals surface area contributed by atoms with E-state index in [1.54, 1.807) is 11.3 Å². The van der Waals surface area contributed by atoms with Crippen LogP contribution >= 0.6 is 11.3 Å². The minimum absolute atomic E-state index is 0.133. The summed E-state index contributed by atoms with van der Waals surface area (Å²) in [5.41, 5.74) is 1.38. The minimum Gasteiger partial charge on any atom is -0.353 e. The largest absolute Gasteiger partial charge is 0.353 e. The van der Waals surface area contributed by atoms with Gasteiger partial charge in [0.1, 0.15) is 16.5 Å². The van der Waals surface area contributed by atoms with Crippen molar-refractivity contribution in [2.75, 3.05) is 31.1 Å². The summed E-state index contributed by atoms with van der Waals surface area (Å²) in [6, 6.07) is 0.133.